The summed E-state index contributed by atoms with van der Waals surface area (Å²) in [5.74, 6) is 1.58. The smallest absolute Gasteiger partial charge is 0.255 e. The van der Waals surface area contributed by atoms with Crippen LogP contribution >= 0.6 is 0 Å². The van der Waals surface area contributed by atoms with Crippen molar-refractivity contribution in [1.29, 1.82) is 0 Å². The number of ether oxygens (including phenoxy) is 3. The van der Waals surface area contributed by atoms with Crippen molar-refractivity contribution in [3.8, 4) is 17.2 Å². The van der Waals surface area contributed by atoms with E-state index in [9.17, 15) is 14.4 Å². The fourth-order valence-electron chi connectivity index (χ4n) is 4.73. The van der Waals surface area contributed by atoms with Crippen LogP contribution in [0, 0.1) is 11.8 Å². The molecule has 0 radical (unpaired) electrons. The Labute approximate surface area is 201 Å². The number of carbonyl (C=O) groups excluding carboxylic acids is 3. The first-order valence-corrected chi connectivity index (χ1v) is 12.1. The molecule has 34 heavy (non-hydrogen) atoms. The van der Waals surface area contributed by atoms with E-state index in [1.54, 1.807) is 12.1 Å². The molecular weight excluding hydrogens is 438 g/mol. The van der Waals surface area contributed by atoms with Crippen molar-refractivity contribution in [1.82, 2.24) is 15.5 Å². The molecule has 2 N–H and O–H groups in total. The van der Waals surface area contributed by atoms with Gasteiger partial charge in [0.05, 0.1) is 26.9 Å². The van der Waals surface area contributed by atoms with E-state index >= 15 is 0 Å². The zero-order chi connectivity index (χ0) is 24.5. The summed E-state index contributed by atoms with van der Waals surface area (Å²) in [6.07, 6.45) is 5.82. The van der Waals surface area contributed by atoms with E-state index in [1.165, 1.54) is 21.3 Å². The minimum Gasteiger partial charge on any atom is -0.496 e. The molecule has 1 aliphatic heterocycles. The molecule has 1 aromatic carbocycles. The third kappa shape index (κ3) is 6.55. The van der Waals surface area contributed by atoms with Gasteiger partial charge in [-0.2, -0.15) is 0 Å². The van der Waals surface area contributed by atoms with E-state index in [2.05, 4.69) is 10.6 Å². The summed E-state index contributed by atoms with van der Waals surface area (Å²) in [4.78, 5) is 39.3. The van der Waals surface area contributed by atoms with E-state index in [0.717, 1.165) is 51.6 Å². The fraction of sp³-hybridized carbons (Fsp3) is 0.640. The van der Waals surface area contributed by atoms with Crippen LogP contribution < -0.4 is 24.8 Å². The number of benzene rings is 1. The van der Waals surface area contributed by atoms with Crippen LogP contribution in [0.15, 0.2) is 12.1 Å². The van der Waals surface area contributed by atoms with Gasteiger partial charge in [-0.05, 0) is 44.4 Å². The fourth-order valence-corrected chi connectivity index (χ4v) is 4.73. The van der Waals surface area contributed by atoms with Crippen LogP contribution in [0.4, 0.5) is 0 Å². The van der Waals surface area contributed by atoms with Gasteiger partial charge in [0.15, 0.2) is 11.5 Å². The van der Waals surface area contributed by atoms with Crippen molar-refractivity contribution in [2.75, 3.05) is 47.5 Å². The summed E-state index contributed by atoms with van der Waals surface area (Å²) in [7, 11) is 4.56. The van der Waals surface area contributed by atoms with Crippen molar-refractivity contribution in [2.45, 2.75) is 44.9 Å². The Hall–Kier alpha value is -2.97. The van der Waals surface area contributed by atoms with Gasteiger partial charge in [-0.15, -0.1) is 0 Å². The third-order valence-electron chi connectivity index (χ3n) is 6.82. The van der Waals surface area contributed by atoms with Crippen LogP contribution in [0.3, 0.4) is 0 Å². The summed E-state index contributed by atoms with van der Waals surface area (Å²) in [6, 6.07) is 3.25. The molecule has 0 spiro atoms. The van der Waals surface area contributed by atoms with E-state index in [0.29, 0.717) is 48.2 Å². The van der Waals surface area contributed by atoms with Crippen molar-refractivity contribution in [2.24, 2.45) is 11.8 Å². The largest absolute Gasteiger partial charge is 0.496 e. The van der Waals surface area contributed by atoms with Crippen LogP contribution in [0.25, 0.3) is 0 Å². The van der Waals surface area contributed by atoms with Gasteiger partial charge in [0.1, 0.15) is 5.75 Å². The second-order valence-electron chi connectivity index (χ2n) is 8.96. The maximum atomic E-state index is 12.8. The molecular formula is C25H37N3O6. The highest BCUT2D eigenvalue weighted by Gasteiger charge is 2.27. The Morgan fingerprint density at radius 1 is 0.882 bits per heavy atom. The molecule has 188 valence electrons. The quantitative estimate of drug-likeness (QED) is 0.538. The number of rotatable bonds is 10. The molecule has 2 aliphatic rings. The number of likely N-dealkylation sites (tertiary alicyclic amines) is 1. The van der Waals surface area contributed by atoms with Gasteiger partial charge in [-0.1, -0.05) is 0 Å². The third-order valence-corrected chi connectivity index (χ3v) is 6.82. The average molecular weight is 476 g/mol. The molecule has 1 saturated heterocycles. The molecule has 1 aliphatic carbocycles. The second-order valence-corrected chi connectivity index (χ2v) is 8.96. The number of hydrogen-bond donors (Lipinski definition) is 2. The summed E-state index contributed by atoms with van der Waals surface area (Å²) < 4.78 is 15.9. The van der Waals surface area contributed by atoms with Crippen LogP contribution in [0.2, 0.25) is 0 Å². The molecule has 1 saturated carbocycles. The highest BCUT2D eigenvalue weighted by atomic mass is 16.5. The molecule has 0 bridgehead atoms. The zero-order valence-corrected chi connectivity index (χ0v) is 20.5. The maximum Gasteiger partial charge on any atom is 0.255 e. The first kappa shape index (κ1) is 25.6. The Morgan fingerprint density at radius 3 is 2.12 bits per heavy atom. The predicted molar refractivity (Wildman–Crippen MR) is 127 cm³/mol. The minimum atomic E-state index is -0.236. The van der Waals surface area contributed by atoms with Crippen LogP contribution in [0.1, 0.15) is 55.3 Å². The van der Waals surface area contributed by atoms with Crippen LogP contribution in [0.5, 0.6) is 17.2 Å². The lowest BCUT2D eigenvalue weighted by molar-refractivity contribution is -0.130. The van der Waals surface area contributed by atoms with E-state index in [4.69, 9.17) is 14.2 Å². The van der Waals surface area contributed by atoms with Crippen molar-refractivity contribution in [3.63, 3.8) is 0 Å². The molecule has 0 unspecified atom stereocenters. The van der Waals surface area contributed by atoms with E-state index in [1.807, 2.05) is 4.90 Å². The molecule has 0 atom stereocenters. The van der Waals surface area contributed by atoms with Gasteiger partial charge in [0.25, 0.3) is 5.91 Å². The Kier molecular flexibility index (Phi) is 9.42. The first-order chi connectivity index (χ1) is 16.5. The normalized spacial score (nSPS) is 19.9. The van der Waals surface area contributed by atoms with Crippen LogP contribution in [-0.2, 0) is 9.59 Å². The first-order valence-electron chi connectivity index (χ1n) is 12.1. The summed E-state index contributed by atoms with van der Waals surface area (Å²) in [6.45, 7) is 2.62. The number of nitrogens with one attached hydrogen (secondary N) is 2. The molecule has 9 heteroatoms. The Balaban J connectivity index is 1.40. The van der Waals surface area contributed by atoms with Crippen molar-refractivity contribution < 1.29 is 28.6 Å². The zero-order valence-electron chi connectivity index (χ0n) is 20.5. The molecule has 2 fully saturated rings. The minimum absolute atomic E-state index is 0.0280. The average Bonchev–Trinajstić information content (AvgIpc) is 3.41. The summed E-state index contributed by atoms with van der Waals surface area (Å²) in [5, 5.41) is 5.93. The van der Waals surface area contributed by atoms with Gasteiger partial charge < -0.3 is 29.7 Å². The molecule has 9 nitrogen and oxygen atoms in total. The van der Waals surface area contributed by atoms with E-state index < -0.39 is 0 Å². The molecule has 3 amide bonds. The number of hydrogen-bond acceptors (Lipinski definition) is 6. The number of nitrogens with zero attached hydrogens (tertiary/aromatic N) is 1. The molecule has 1 heterocycles. The second kappa shape index (κ2) is 12.5. The number of carbonyl (C=O) groups is 3. The summed E-state index contributed by atoms with van der Waals surface area (Å²) in [5.41, 5.74) is 0.386. The van der Waals surface area contributed by atoms with Gasteiger partial charge >= 0.3 is 0 Å². The highest BCUT2D eigenvalue weighted by Crippen LogP contribution is 2.35. The van der Waals surface area contributed by atoms with Crippen molar-refractivity contribution in [3.05, 3.63) is 17.7 Å². The van der Waals surface area contributed by atoms with E-state index in [-0.39, 0.29) is 23.6 Å². The standard InChI is InChI=1S/C25H37N3O6/c1-32-20-15-22(34-3)21(33-2)14-19(20)25(31)27-16-17-6-8-18(9-7-17)24(30)26-11-10-23(29)28-12-4-5-13-28/h14-15,17-18H,4-13,16H2,1-3H3,(H,26,30)(H,27,31). The SMILES string of the molecule is COc1cc(OC)c(C(=O)NCC2CCC(C(=O)NCCC(=O)N3CCCC3)CC2)cc1OC. The van der Waals surface area contributed by atoms with Crippen LogP contribution in [-0.4, -0.2) is 70.1 Å². The monoisotopic (exact) mass is 475 g/mol. The molecule has 0 aromatic heterocycles. The Morgan fingerprint density at radius 2 is 1.50 bits per heavy atom. The summed E-state index contributed by atoms with van der Waals surface area (Å²) >= 11 is 0. The van der Waals surface area contributed by atoms with Gasteiger partial charge in [-0.3, -0.25) is 14.4 Å². The lowest BCUT2D eigenvalue weighted by Crippen LogP contribution is -2.38. The Bertz CT molecular complexity index is 860. The highest BCUT2D eigenvalue weighted by molar-refractivity contribution is 5.97. The predicted octanol–water partition coefficient (Wildman–Crippen LogP) is 2.38. The van der Waals surface area contributed by atoms with Gasteiger partial charge in [0.2, 0.25) is 11.8 Å². The molecule has 3 rings (SSSR count). The maximum absolute atomic E-state index is 12.8. The topological polar surface area (TPSA) is 106 Å². The molecule has 1 aromatic rings. The number of methoxy groups -OCH3 is 3. The van der Waals surface area contributed by atoms with Gasteiger partial charge in [0, 0.05) is 50.7 Å². The van der Waals surface area contributed by atoms with Gasteiger partial charge in [-0.25, -0.2) is 0 Å². The lowest BCUT2D eigenvalue weighted by atomic mass is 9.81. The van der Waals surface area contributed by atoms with Crippen molar-refractivity contribution >= 4 is 17.7 Å². The lowest BCUT2D eigenvalue weighted by Gasteiger charge is -2.28. The number of amides is 3.